The normalized spacial score (nSPS) is 13.8. The van der Waals surface area contributed by atoms with Crippen molar-refractivity contribution in [3.8, 4) is 11.5 Å². The summed E-state index contributed by atoms with van der Waals surface area (Å²) in [6, 6.07) is 15.1. The van der Waals surface area contributed by atoms with Crippen molar-refractivity contribution in [2.75, 3.05) is 25.1 Å². The van der Waals surface area contributed by atoms with E-state index in [2.05, 4.69) is 4.98 Å². The van der Waals surface area contributed by atoms with Crippen molar-refractivity contribution in [2.45, 2.75) is 63.7 Å². The number of benzene rings is 3. The highest BCUT2D eigenvalue weighted by Crippen LogP contribution is 2.35. The van der Waals surface area contributed by atoms with E-state index in [1.54, 1.807) is 50.8 Å². The average molecular weight is 737 g/mol. The van der Waals surface area contributed by atoms with Crippen molar-refractivity contribution in [3.05, 3.63) is 111 Å². The van der Waals surface area contributed by atoms with Gasteiger partial charge in [-0.2, -0.15) is 4.39 Å². The predicted octanol–water partition coefficient (Wildman–Crippen LogP) is 6.58. The highest BCUT2D eigenvalue weighted by molar-refractivity contribution is 7.92. The number of fused-ring (bicyclic) bond motifs is 2. The summed E-state index contributed by atoms with van der Waals surface area (Å²) in [4.78, 5) is 30.9. The quantitative estimate of drug-likeness (QED) is 0.154. The molecule has 3 heterocycles. The standard InChI is InChI=1S/C37H38F2N4O8S/c1-22(26-10-7-9-23-15-16-41(21-27(23)26)35(44)51-37(2,3)4)43-29-18-28(38)32(19-31(29)50-36(43)45)52(46,47)42(34-12-8-11-33(39)40-34)20-24-13-14-25(48-5)17-30(24)49-6/h7-14,17-19,22H,15-16,20-21H2,1-6H3/t22-/m1/s1. The number of carbonyl (C=O) groups excluding carboxylic acids is 1. The first-order valence-electron chi connectivity index (χ1n) is 16.4. The largest absolute Gasteiger partial charge is 0.497 e. The molecular weight excluding hydrogens is 698 g/mol. The Kier molecular flexibility index (Phi) is 9.75. The number of hydrogen-bond donors (Lipinski definition) is 0. The summed E-state index contributed by atoms with van der Waals surface area (Å²) in [7, 11) is -1.98. The third-order valence-corrected chi connectivity index (χ3v) is 10.6. The van der Waals surface area contributed by atoms with Gasteiger partial charge in [-0.25, -0.2) is 31.7 Å². The van der Waals surface area contributed by atoms with Crippen LogP contribution in [0.4, 0.5) is 19.4 Å². The molecule has 0 N–H and O–H groups in total. The van der Waals surface area contributed by atoms with Crippen molar-refractivity contribution in [3.63, 3.8) is 0 Å². The Morgan fingerprint density at radius 2 is 1.79 bits per heavy atom. The van der Waals surface area contributed by atoms with Crippen LogP contribution in [-0.2, 0) is 34.3 Å². The van der Waals surface area contributed by atoms with Gasteiger partial charge < -0.3 is 23.5 Å². The second-order valence-corrected chi connectivity index (χ2v) is 15.1. The summed E-state index contributed by atoms with van der Waals surface area (Å²) in [6.07, 6.45) is 0.0979. The summed E-state index contributed by atoms with van der Waals surface area (Å²) in [6.45, 7) is 7.36. The molecule has 0 spiro atoms. The molecule has 1 atom stereocenters. The number of aromatic nitrogens is 2. The van der Waals surface area contributed by atoms with Gasteiger partial charge in [-0.1, -0.05) is 24.3 Å². The molecule has 0 aliphatic carbocycles. The van der Waals surface area contributed by atoms with Crippen LogP contribution in [0.5, 0.6) is 11.5 Å². The number of nitrogens with zero attached hydrogens (tertiary/aromatic N) is 4. The van der Waals surface area contributed by atoms with Crippen LogP contribution in [0.15, 0.2) is 80.8 Å². The molecule has 0 bridgehead atoms. The molecule has 0 fully saturated rings. The lowest BCUT2D eigenvalue weighted by Gasteiger charge is -2.33. The maximum absolute atomic E-state index is 16.2. The van der Waals surface area contributed by atoms with Crippen molar-refractivity contribution in [1.82, 2.24) is 14.5 Å². The summed E-state index contributed by atoms with van der Waals surface area (Å²) in [5.41, 5.74) is 2.00. The summed E-state index contributed by atoms with van der Waals surface area (Å²) >= 11 is 0. The van der Waals surface area contributed by atoms with E-state index in [9.17, 15) is 22.4 Å². The van der Waals surface area contributed by atoms with E-state index in [-0.39, 0.29) is 29.2 Å². The Labute approximate surface area is 299 Å². The molecule has 1 amide bonds. The highest BCUT2D eigenvalue weighted by Gasteiger charge is 2.33. The Hall–Kier alpha value is -5.44. The molecule has 0 saturated heterocycles. The minimum Gasteiger partial charge on any atom is -0.497 e. The van der Waals surface area contributed by atoms with Gasteiger partial charge >= 0.3 is 11.8 Å². The van der Waals surface area contributed by atoms with Gasteiger partial charge in [0.1, 0.15) is 33.6 Å². The van der Waals surface area contributed by atoms with Crippen molar-refractivity contribution >= 4 is 33.0 Å². The highest BCUT2D eigenvalue weighted by atomic mass is 32.2. The summed E-state index contributed by atoms with van der Waals surface area (Å²) in [5.74, 6) is -2.59. The van der Waals surface area contributed by atoms with Crippen LogP contribution in [0.1, 0.15) is 56.0 Å². The topological polar surface area (TPSA) is 133 Å². The number of ether oxygens (including phenoxy) is 3. The number of rotatable bonds is 9. The molecule has 15 heteroatoms. The lowest BCUT2D eigenvalue weighted by atomic mass is 9.91. The SMILES string of the molecule is COc1ccc(CN(c2cccc(F)n2)S(=O)(=O)c2cc3oc(=O)n([C@H](C)c4cccc5c4CN(C(=O)OC(C)(C)C)CC5)c3cc2F)c(OC)c1. The molecule has 52 heavy (non-hydrogen) atoms. The second kappa shape index (κ2) is 13.9. The summed E-state index contributed by atoms with van der Waals surface area (Å²) in [5, 5.41) is 0. The number of amides is 1. The third kappa shape index (κ3) is 7.04. The van der Waals surface area contributed by atoms with Gasteiger partial charge in [0.2, 0.25) is 5.95 Å². The molecule has 6 rings (SSSR count). The van der Waals surface area contributed by atoms with E-state index >= 15 is 4.39 Å². The van der Waals surface area contributed by atoms with Crippen LogP contribution in [0.2, 0.25) is 0 Å². The van der Waals surface area contributed by atoms with Crippen LogP contribution in [-0.4, -0.2) is 55.3 Å². The molecule has 0 saturated carbocycles. The van der Waals surface area contributed by atoms with Gasteiger partial charge in [-0.05, 0) is 75.1 Å². The molecule has 3 aromatic carbocycles. The average Bonchev–Trinajstić information content (AvgIpc) is 3.42. The first-order chi connectivity index (χ1) is 24.6. The molecule has 12 nitrogen and oxygen atoms in total. The Morgan fingerprint density at radius 1 is 1.04 bits per heavy atom. The lowest BCUT2D eigenvalue weighted by Crippen LogP contribution is -2.40. The molecule has 1 aliphatic rings. The fourth-order valence-electron chi connectivity index (χ4n) is 6.30. The van der Waals surface area contributed by atoms with Crippen molar-refractivity contribution in [1.29, 1.82) is 0 Å². The first-order valence-corrected chi connectivity index (χ1v) is 17.8. The van der Waals surface area contributed by atoms with Crippen LogP contribution in [0, 0.1) is 11.8 Å². The van der Waals surface area contributed by atoms with Gasteiger partial charge in [0.15, 0.2) is 5.58 Å². The van der Waals surface area contributed by atoms with Crippen molar-refractivity contribution in [2.24, 2.45) is 0 Å². The molecule has 2 aromatic heterocycles. The zero-order chi connectivity index (χ0) is 37.5. The van der Waals surface area contributed by atoms with E-state index in [0.29, 0.717) is 29.8 Å². The molecule has 5 aromatic rings. The number of methoxy groups -OCH3 is 2. The van der Waals surface area contributed by atoms with Crippen LogP contribution < -0.4 is 19.5 Å². The number of hydrogen-bond acceptors (Lipinski definition) is 9. The Bertz CT molecular complexity index is 2330. The molecule has 0 radical (unpaired) electrons. The number of anilines is 1. The van der Waals surface area contributed by atoms with Crippen molar-refractivity contribution < 1.29 is 40.6 Å². The number of sulfonamides is 1. The number of oxazole rings is 1. The van der Waals surface area contributed by atoms with Crippen LogP contribution in [0.25, 0.3) is 11.1 Å². The fraction of sp³-hybridized carbons (Fsp3) is 0.324. The Morgan fingerprint density at radius 3 is 2.48 bits per heavy atom. The van der Waals surface area contributed by atoms with Crippen LogP contribution >= 0.6 is 0 Å². The van der Waals surface area contributed by atoms with E-state index in [1.165, 1.54) is 30.9 Å². The Balaban J connectivity index is 1.40. The smallest absolute Gasteiger partial charge is 0.420 e. The molecular formula is C37H38F2N4O8S. The van der Waals surface area contributed by atoms with Gasteiger partial charge in [-0.15, -0.1) is 0 Å². The fourth-order valence-corrected chi connectivity index (χ4v) is 7.76. The van der Waals surface area contributed by atoms with E-state index in [1.807, 2.05) is 18.2 Å². The third-order valence-electron chi connectivity index (χ3n) is 8.80. The van der Waals surface area contributed by atoms with Gasteiger partial charge in [0, 0.05) is 36.9 Å². The minimum atomic E-state index is -4.83. The maximum atomic E-state index is 16.2. The zero-order valence-corrected chi connectivity index (χ0v) is 30.3. The monoisotopic (exact) mass is 736 g/mol. The van der Waals surface area contributed by atoms with Crippen LogP contribution in [0.3, 0.4) is 0 Å². The van der Waals surface area contributed by atoms with E-state index in [0.717, 1.165) is 33.6 Å². The number of carbonyl (C=O) groups is 1. The van der Waals surface area contributed by atoms with Gasteiger partial charge in [-0.3, -0.25) is 4.57 Å². The number of pyridine rings is 1. The maximum Gasteiger partial charge on any atom is 0.420 e. The summed E-state index contributed by atoms with van der Waals surface area (Å²) < 4.78 is 83.0. The first kappa shape index (κ1) is 36.4. The number of halogens is 2. The zero-order valence-electron chi connectivity index (χ0n) is 29.5. The molecule has 1 aliphatic heterocycles. The van der Waals surface area contributed by atoms with E-state index < -0.39 is 56.7 Å². The molecule has 274 valence electrons. The van der Waals surface area contributed by atoms with E-state index in [4.69, 9.17) is 18.6 Å². The second-order valence-electron chi connectivity index (χ2n) is 13.3. The van der Waals surface area contributed by atoms with Gasteiger partial charge in [0.05, 0.1) is 32.3 Å². The minimum absolute atomic E-state index is 0.0126. The molecule has 0 unspecified atom stereocenters. The van der Waals surface area contributed by atoms with Gasteiger partial charge in [0.25, 0.3) is 10.0 Å². The predicted molar refractivity (Wildman–Crippen MR) is 188 cm³/mol. The lowest BCUT2D eigenvalue weighted by molar-refractivity contribution is 0.0223.